The van der Waals surface area contributed by atoms with Crippen LogP contribution in [0.1, 0.15) is 24.3 Å². The van der Waals surface area contributed by atoms with E-state index in [0.717, 1.165) is 5.56 Å². The largest absolute Gasteiger partial charge is 0.512 e. The van der Waals surface area contributed by atoms with E-state index in [2.05, 4.69) is 0 Å². The number of nitrogens with zero attached hydrogens (tertiary/aromatic N) is 1. The normalized spacial score (nSPS) is 19.9. The highest BCUT2D eigenvalue weighted by atomic mass is 16.6. The predicted molar refractivity (Wildman–Crippen MR) is 60.8 cm³/mol. The fourth-order valence-corrected chi connectivity index (χ4v) is 1.98. The molecule has 1 atom stereocenters. The van der Waals surface area contributed by atoms with E-state index >= 15 is 0 Å². The van der Waals surface area contributed by atoms with Gasteiger partial charge >= 0.3 is 0 Å². The summed E-state index contributed by atoms with van der Waals surface area (Å²) in [6.07, 6.45) is 1.98. The maximum atomic E-state index is 11.3. The maximum Gasteiger partial charge on any atom is 0.269 e. The summed E-state index contributed by atoms with van der Waals surface area (Å²) in [6, 6.07) is 6.09. The van der Waals surface area contributed by atoms with Crippen molar-refractivity contribution in [3.05, 3.63) is 51.8 Å². The second-order valence-electron chi connectivity index (χ2n) is 4.06. The molecule has 5 heteroatoms. The Bertz CT molecular complexity index is 490. The van der Waals surface area contributed by atoms with Gasteiger partial charge in [0, 0.05) is 31.1 Å². The predicted octanol–water partition coefficient (Wildman–Crippen LogP) is 2.48. The van der Waals surface area contributed by atoms with Crippen LogP contribution in [0.2, 0.25) is 0 Å². The minimum Gasteiger partial charge on any atom is -0.512 e. The summed E-state index contributed by atoms with van der Waals surface area (Å²) >= 11 is 0. The molecule has 1 aliphatic rings. The summed E-state index contributed by atoms with van der Waals surface area (Å²) in [5.41, 5.74) is 0.860. The number of aliphatic hydroxyl groups excluding tert-OH is 1. The van der Waals surface area contributed by atoms with Crippen LogP contribution in [0.15, 0.2) is 36.1 Å². The van der Waals surface area contributed by atoms with E-state index in [1.165, 1.54) is 18.2 Å². The van der Waals surface area contributed by atoms with Crippen LogP contribution in [-0.2, 0) is 4.79 Å². The lowest BCUT2D eigenvalue weighted by atomic mass is 9.86. The summed E-state index contributed by atoms with van der Waals surface area (Å²) in [7, 11) is 0. The molecule has 0 heterocycles. The first-order valence-electron chi connectivity index (χ1n) is 5.23. The SMILES string of the molecule is O=C1C=C(O)CC(c2ccc([N+](=O)[O-])cc2)C1. The highest BCUT2D eigenvalue weighted by Crippen LogP contribution is 2.31. The van der Waals surface area contributed by atoms with Crippen LogP contribution in [0.5, 0.6) is 0 Å². The Balaban J connectivity index is 2.21. The lowest BCUT2D eigenvalue weighted by Gasteiger charge is -2.19. The zero-order chi connectivity index (χ0) is 12.4. The van der Waals surface area contributed by atoms with Gasteiger partial charge in [0.2, 0.25) is 0 Å². The van der Waals surface area contributed by atoms with Crippen LogP contribution in [-0.4, -0.2) is 15.8 Å². The molecule has 0 aliphatic heterocycles. The van der Waals surface area contributed by atoms with Crippen molar-refractivity contribution in [2.24, 2.45) is 0 Å². The molecular weight excluding hydrogens is 222 g/mol. The van der Waals surface area contributed by atoms with Gasteiger partial charge in [0.15, 0.2) is 5.78 Å². The molecule has 1 aromatic rings. The molecule has 0 aromatic heterocycles. The zero-order valence-corrected chi connectivity index (χ0v) is 9.00. The van der Waals surface area contributed by atoms with E-state index in [1.54, 1.807) is 12.1 Å². The van der Waals surface area contributed by atoms with Gasteiger partial charge in [-0.2, -0.15) is 0 Å². The third-order valence-corrected chi connectivity index (χ3v) is 2.81. The Morgan fingerprint density at radius 3 is 2.41 bits per heavy atom. The minimum atomic E-state index is -0.465. The molecule has 0 bridgehead atoms. The lowest BCUT2D eigenvalue weighted by molar-refractivity contribution is -0.384. The van der Waals surface area contributed by atoms with Crippen molar-refractivity contribution in [2.75, 3.05) is 0 Å². The van der Waals surface area contributed by atoms with Crippen LogP contribution in [0, 0.1) is 10.1 Å². The molecule has 2 rings (SSSR count). The Hall–Kier alpha value is -2.17. The highest BCUT2D eigenvalue weighted by Gasteiger charge is 2.22. The highest BCUT2D eigenvalue weighted by molar-refractivity contribution is 5.91. The van der Waals surface area contributed by atoms with E-state index in [9.17, 15) is 20.0 Å². The van der Waals surface area contributed by atoms with Gasteiger partial charge in [-0.1, -0.05) is 12.1 Å². The van der Waals surface area contributed by atoms with Gasteiger partial charge in [-0.3, -0.25) is 14.9 Å². The first-order valence-corrected chi connectivity index (χ1v) is 5.23. The van der Waals surface area contributed by atoms with Gasteiger partial charge in [0.1, 0.15) is 0 Å². The number of nitro benzene ring substituents is 1. The number of ketones is 1. The van der Waals surface area contributed by atoms with Gasteiger partial charge < -0.3 is 5.11 Å². The summed E-state index contributed by atoms with van der Waals surface area (Å²) in [6.45, 7) is 0. The molecule has 17 heavy (non-hydrogen) atoms. The Labute approximate surface area is 97.5 Å². The fourth-order valence-electron chi connectivity index (χ4n) is 1.98. The van der Waals surface area contributed by atoms with E-state index in [-0.39, 0.29) is 23.1 Å². The number of carbonyl (C=O) groups excluding carboxylic acids is 1. The molecule has 0 radical (unpaired) electrons. The van der Waals surface area contributed by atoms with Crippen LogP contribution >= 0.6 is 0 Å². The summed E-state index contributed by atoms with van der Waals surface area (Å²) < 4.78 is 0. The monoisotopic (exact) mass is 233 g/mol. The van der Waals surface area contributed by atoms with Crippen molar-refractivity contribution in [3.63, 3.8) is 0 Å². The van der Waals surface area contributed by atoms with Crippen LogP contribution in [0.25, 0.3) is 0 Å². The number of nitro groups is 1. The van der Waals surface area contributed by atoms with Crippen molar-refractivity contribution in [3.8, 4) is 0 Å². The van der Waals surface area contributed by atoms with Crippen molar-refractivity contribution in [2.45, 2.75) is 18.8 Å². The number of non-ortho nitro benzene ring substituents is 1. The van der Waals surface area contributed by atoms with Crippen molar-refractivity contribution in [1.29, 1.82) is 0 Å². The number of aliphatic hydroxyl groups is 1. The van der Waals surface area contributed by atoms with Crippen LogP contribution in [0.3, 0.4) is 0 Å². The first kappa shape index (κ1) is 11.3. The molecule has 5 nitrogen and oxygen atoms in total. The molecule has 0 fully saturated rings. The summed E-state index contributed by atoms with van der Waals surface area (Å²) in [5, 5.41) is 19.9. The third kappa shape index (κ3) is 2.50. The Morgan fingerprint density at radius 2 is 1.88 bits per heavy atom. The average molecular weight is 233 g/mol. The number of benzene rings is 1. The summed E-state index contributed by atoms with van der Waals surface area (Å²) in [4.78, 5) is 21.3. The molecule has 0 amide bonds. The fraction of sp³-hybridized carbons (Fsp3) is 0.250. The van der Waals surface area contributed by atoms with Crippen molar-refractivity contribution in [1.82, 2.24) is 0 Å². The molecule has 88 valence electrons. The number of allylic oxidation sites excluding steroid dienone is 2. The minimum absolute atomic E-state index is 0.0238. The molecule has 1 aliphatic carbocycles. The molecule has 1 N–H and O–H groups in total. The van der Waals surface area contributed by atoms with E-state index in [1.807, 2.05) is 0 Å². The van der Waals surface area contributed by atoms with E-state index < -0.39 is 4.92 Å². The quantitative estimate of drug-likeness (QED) is 0.628. The number of rotatable bonds is 2. The molecule has 1 aromatic carbocycles. The van der Waals surface area contributed by atoms with Crippen LogP contribution in [0.4, 0.5) is 5.69 Å². The van der Waals surface area contributed by atoms with Gasteiger partial charge in [-0.25, -0.2) is 0 Å². The molecular formula is C12H11NO4. The van der Waals surface area contributed by atoms with Gasteiger partial charge in [0.25, 0.3) is 5.69 Å². The van der Waals surface area contributed by atoms with E-state index in [4.69, 9.17) is 0 Å². The second-order valence-corrected chi connectivity index (χ2v) is 4.06. The van der Waals surface area contributed by atoms with Gasteiger partial charge in [-0.15, -0.1) is 0 Å². The molecule has 1 unspecified atom stereocenters. The van der Waals surface area contributed by atoms with Crippen molar-refractivity contribution < 1.29 is 14.8 Å². The lowest BCUT2D eigenvalue weighted by Crippen LogP contribution is -2.12. The maximum absolute atomic E-state index is 11.3. The first-order chi connectivity index (χ1) is 8.06. The van der Waals surface area contributed by atoms with Crippen molar-refractivity contribution >= 4 is 11.5 Å². The van der Waals surface area contributed by atoms with E-state index in [0.29, 0.717) is 12.8 Å². The summed E-state index contributed by atoms with van der Waals surface area (Å²) in [5.74, 6) is -0.130. The average Bonchev–Trinajstić information content (AvgIpc) is 2.28. The van der Waals surface area contributed by atoms with Gasteiger partial charge in [0.05, 0.1) is 10.7 Å². The number of hydrogen-bond donors (Lipinski definition) is 1. The third-order valence-electron chi connectivity index (χ3n) is 2.81. The number of carbonyl (C=O) groups is 1. The molecule has 0 saturated carbocycles. The van der Waals surface area contributed by atoms with Crippen LogP contribution < -0.4 is 0 Å². The molecule has 0 saturated heterocycles. The Kier molecular flexibility index (Phi) is 2.91. The van der Waals surface area contributed by atoms with Gasteiger partial charge in [-0.05, 0) is 11.5 Å². The Morgan fingerprint density at radius 1 is 1.24 bits per heavy atom. The smallest absolute Gasteiger partial charge is 0.269 e. The zero-order valence-electron chi connectivity index (χ0n) is 9.00. The standard InChI is InChI=1S/C12H11NO4/c14-11-5-9(6-12(15)7-11)8-1-3-10(4-2-8)13(16)17/h1-4,7,9,14H,5-6H2. The number of hydrogen-bond acceptors (Lipinski definition) is 4. The topological polar surface area (TPSA) is 80.4 Å². The second kappa shape index (κ2) is 4.37. The molecule has 0 spiro atoms.